The summed E-state index contributed by atoms with van der Waals surface area (Å²) in [4.78, 5) is 0.111. The average molecular weight is 362 g/mol. The molecular formula is C13H20BrN3O2S. The van der Waals surface area contributed by atoms with Gasteiger partial charge in [-0.25, -0.2) is 13.6 Å². The highest BCUT2D eigenvalue weighted by Gasteiger charge is 2.18. The first-order valence-corrected chi connectivity index (χ1v) is 9.02. The maximum absolute atomic E-state index is 11.3. The Bertz CT molecular complexity index is 571. The lowest BCUT2D eigenvalue weighted by Gasteiger charge is -2.20. The SMILES string of the molecule is CC(CC1CCCN1)Nc1ccc(S(N)(=O)=O)cc1Br. The summed E-state index contributed by atoms with van der Waals surface area (Å²) in [6, 6.07) is 5.66. The summed E-state index contributed by atoms with van der Waals surface area (Å²) >= 11 is 3.38. The van der Waals surface area contributed by atoms with Gasteiger partial charge in [-0.2, -0.15) is 0 Å². The largest absolute Gasteiger partial charge is 0.382 e. The molecule has 0 saturated carbocycles. The zero-order valence-corrected chi connectivity index (χ0v) is 13.8. The van der Waals surface area contributed by atoms with Crippen LogP contribution in [-0.4, -0.2) is 27.0 Å². The summed E-state index contributed by atoms with van der Waals surface area (Å²) in [6.07, 6.45) is 3.51. The molecule has 1 aliphatic heterocycles. The third-order valence-electron chi connectivity index (χ3n) is 3.47. The number of anilines is 1. The number of nitrogens with two attached hydrogens (primary N) is 1. The molecule has 20 heavy (non-hydrogen) atoms. The van der Waals surface area contributed by atoms with Crippen LogP contribution in [0.5, 0.6) is 0 Å². The van der Waals surface area contributed by atoms with E-state index in [-0.39, 0.29) is 4.90 Å². The van der Waals surface area contributed by atoms with E-state index in [9.17, 15) is 8.42 Å². The fourth-order valence-electron chi connectivity index (χ4n) is 2.50. The molecule has 1 aromatic carbocycles. The second-order valence-corrected chi connectivity index (χ2v) is 7.68. The normalized spacial score (nSPS) is 20.9. The van der Waals surface area contributed by atoms with E-state index in [0.717, 1.165) is 18.7 Å². The van der Waals surface area contributed by atoms with E-state index in [0.29, 0.717) is 16.6 Å². The Kier molecular flexibility index (Phi) is 5.06. The molecule has 0 aromatic heterocycles. The Morgan fingerprint density at radius 1 is 1.55 bits per heavy atom. The molecule has 2 atom stereocenters. The highest BCUT2D eigenvalue weighted by atomic mass is 79.9. The summed E-state index contributed by atoms with van der Waals surface area (Å²) in [5.41, 5.74) is 0.878. The minimum atomic E-state index is -3.66. The van der Waals surface area contributed by atoms with Crippen LogP contribution in [0.1, 0.15) is 26.2 Å². The number of rotatable bonds is 5. The molecule has 0 bridgehead atoms. The fourth-order valence-corrected chi connectivity index (χ4v) is 3.68. The minimum Gasteiger partial charge on any atom is -0.382 e. The van der Waals surface area contributed by atoms with Crippen molar-refractivity contribution in [2.75, 3.05) is 11.9 Å². The molecule has 5 nitrogen and oxygen atoms in total. The van der Waals surface area contributed by atoms with Crippen LogP contribution in [0.2, 0.25) is 0 Å². The second-order valence-electron chi connectivity index (χ2n) is 5.26. The van der Waals surface area contributed by atoms with E-state index < -0.39 is 10.0 Å². The van der Waals surface area contributed by atoms with Gasteiger partial charge in [-0.1, -0.05) is 0 Å². The molecule has 1 heterocycles. The molecular weight excluding hydrogens is 342 g/mol. The zero-order valence-electron chi connectivity index (χ0n) is 11.4. The summed E-state index contributed by atoms with van der Waals surface area (Å²) in [5.74, 6) is 0. The molecule has 112 valence electrons. The van der Waals surface area contributed by atoms with Crippen molar-refractivity contribution in [2.24, 2.45) is 5.14 Å². The van der Waals surface area contributed by atoms with Gasteiger partial charge >= 0.3 is 0 Å². The Morgan fingerprint density at radius 3 is 2.85 bits per heavy atom. The van der Waals surface area contributed by atoms with E-state index in [4.69, 9.17) is 5.14 Å². The van der Waals surface area contributed by atoms with Crippen LogP contribution < -0.4 is 15.8 Å². The van der Waals surface area contributed by atoms with Crippen molar-refractivity contribution in [3.05, 3.63) is 22.7 Å². The summed E-state index contributed by atoms with van der Waals surface area (Å²) in [6.45, 7) is 3.23. The van der Waals surface area contributed by atoms with E-state index in [1.807, 2.05) is 0 Å². The quantitative estimate of drug-likeness (QED) is 0.749. The van der Waals surface area contributed by atoms with Gasteiger partial charge in [0, 0.05) is 22.2 Å². The van der Waals surface area contributed by atoms with E-state index in [1.165, 1.54) is 25.0 Å². The van der Waals surface area contributed by atoms with Gasteiger partial charge in [0.15, 0.2) is 0 Å². The van der Waals surface area contributed by atoms with Gasteiger partial charge in [-0.15, -0.1) is 0 Å². The monoisotopic (exact) mass is 361 g/mol. The number of halogens is 1. The van der Waals surface area contributed by atoms with Crippen molar-refractivity contribution in [1.82, 2.24) is 5.32 Å². The molecule has 1 aliphatic rings. The second kappa shape index (κ2) is 6.43. The van der Waals surface area contributed by atoms with Gasteiger partial charge in [0.25, 0.3) is 0 Å². The molecule has 0 spiro atoms. The first-order valence-electron chi connectivity index (χ1n) is 6.68. The molecule has 2 rings (SSSR count). The molecule has 2 unspecified atom stereocenters. The van der Waals surface area contributed by atoms with Crippen LogP contribution in [0.15, 0.2) is 27.6 Å². The average Bonchev–Trinajstić information content (AvgIpc) is 2.83. The van der Waals surface area contributed by atoms with Crippen LogP contribution in [0.25, 0.3) is 0 Å². The summed E-state index contributed by atoms with van der Waals surface area (Å²) in [7, 11) is -3.66. The number of sulfonamides is 1. The predicted molar refractivity (Wildman–Crippen MR) is 84.2 cm³/mol. The van der Waals surface area contributed by atoms with E-state index >= 15 is 0 Å². The third kappa shape index (κ3) is 4.18. The van der Waals surface area contributed by atoms with Gasteiger partial charge in [0.2, 0.25) is 10.0 Å². The van der Waals surface area contributed by atoms with Crippen molar-refractivity contribution in [3.63, 3.8) is 0 Å². The fraction of sp³-hybridized carbons (Fsp3) is 0.538. The van der Waals surface area contributed by atoms with Crippen molar-refractivity contribution >= 4 is 31.6 Å². The third-order valence-corrected chi connectivity index (χ3v) is 5.04. The van der Waals surface area contributed by atoms with Crippen LogP contribution in [0.3, 0.4) is 0 Å². The van der Waals surface area contributed by atoms with Gasteiger partial charge in [-0.3, -0.25) is 0 Å². The maximum atomic E-state index is 11.3. The minimum absolute atomic E-state index is 0.111. The molecule has 0 amide bonds. The molecule has 4 N–H and O–H groups in total. The van der Waals surface area contributed by atoms with Crippen LogP contribution in [0, 0.1) is 0 Å². The number of hydrogen-bond donors (Lipinski definition) is 3. The van der Waals surface area contributed by atoms with Crippen molar-refractivity contribution in [3.8, 4) is 0 Å². The van der Waals surface area contributed by atoms with E-state index in [2.05, 4.69) is 33.5 Å². The molecule has 1 fully saturated rings. The number of primary sulfonamides is 1. The molecule has 7 heteroatoms. The zero-order chi connectivity index (χ0) is 14.8. The van der Waals surface area contributed by atoms with Gasteiger partial charge < -0.3 is 10.6 Å². The topological polar surface area (TPSA) is 84.2 Å². The van der Waals surface area contributed by atoms with Crippen LogP contribution in [-0.2, 0) is 10.0 Å². The highest BCUT2D eigenvalue weighted by molar-refractivity contribution is 9.10. The Balaban J connectivity index is 2.02. The van der Waals surface area contributed by atoms with Crippen LogP contribution >= 0.6 is 15.9 Å². The first kappa shape index (κ1) is 15.8. The molecule has 0 aliphatic carbocycles. The highest BCUT2D eigenvalue weighted by Crippen LogP contribution is 2.26. The van der Waals surface area contributed by atoms with Gasteiger partial charge in [0.05, 0.1) is 4.90 Å². The predicted octanol–water partition coefficient (Wildman–Crippen LogP) is 2.04. The Labute approximate surface area is 128 Å². The number of benzene rings is 1. The van der Waals surface area contributed by atoms with Crippen molar-refractivity contribution in [1.29, 1.82) is 0 Å². The molecule has 1 aromatic rings. The molecule has 0 radical (unpaired) electrons. The first-order chi connectivity index (χ1) is 9.36. The number of nitrogens with one attached hydrogen (secondary N) is 2. The van der Waals surface area contributed by atoms with E-state index in [1.54, 1.807) is 6.07 Å². The summed E-state index contributed by atoms with van der Waals surface area (Å²) < 4.78 is 23.3. The molecule has 1 saturated heterocycles. The van der Waals surface area contributed by atoms with Gasteiger partial charge in [-0.05, 0) is 66.9 Å². The maximum Gasteiger partial charge on any atom is 0.238 e. The smallest absolute Gasteiger partial charge is 0.238 e. The van der Waals surface area contributed by atoms with Crippen LogP contribution in [0.4, 0.5) is 5.69 Å². The Morgan fingerprint density at radius 2 is 2.30 bits per heavy atom. The van der Waals surface area contributed by atoms with Crippen molar-refractivity contribution < 1.29 is 8.42 Å². The number of hydrogen-bond acceptors (Lipinski definition) is 4. The lowest BCUT2D eigenvalue weighted by atomic mass is 10.1. The lowest BCUT2D eigenvalue weighted by Crippen LogP contribution is -2.29. The van der Waals surface area contributed by atoms with Crippen molar-refractivity contribution in [2.45, 2.75) is 43.2 Å². The summed E-state index contributed by atoms with van der Waals surface area (Å²) in [5, 5.41) is 12.0. The lowest BCUT2D eigenvalue weighted by molar-refractivity contribution is 0.523. The Hall–Kier alpha value is -0.630. The van der Waals surface area contributed by atoms with Gasteiger partial charge in [0.1, 0.15) is 0 Å². The standard InChI is InChI=1S/C13H20BrN3O2S/c1-9(7-10-3-2-6-16-10)17-13-5-4-11(8-12(13)14)20(15,18)19/h4-5,8-10,16-17H,2-3,6-7H2,1H3,(H2,15,18,19).